The Morgan fingerprint density at radius 3 is 0.846 bits per heavy atom. The SMILES string of the molecule is CN1CCC[C@@H]1C1CCC(C(=O)O)CC1.CN1CCC[C@@H]1C1CCC(C(N)=O)CC1.CN1CCC[C@@H]1C1CCC(C=O)CC1.CN1CCC[C@@H]1C1CCC(CC(=O)O)CC1.CN1CCC[C@@H]1C1CCC(CC(N)=O)CC1.CN1CCC[C@@H]1C1CCC(CC=O)CC1. The molecule has 6 saturated heterocycles. The maximum absolute atomic E-state index is 11.1. The number of amides is 2. The van der Waals surface area contributed by atoms with Crippen molar-refractivity contribution < 1.29 is 39.0 Å². The molecule has 12 fully saturated rings. The fourth-order valence-electron chi connectivity index (χ4n) is 20.4. The van der Waals surface area contributed by atoms with E-state index in [0.717, 1.165) is 155 Å². The highest BCUT2D eigenvalue weighted by Gasteiger charge is 2.39. The molecule has 6 aliphatic carbocycles. The van der Waals surface area contributed by atoms with Crippen LogP contribution >= 0.6 is 0 Å². The third kappa shape index (κ3) is 23.9. The van der Waals surface area contributed by atoms with Gasteiger partial charge in [0.2, 0.25) is 11.8 Å². The molecule has 0 spiro atoms. The fourth-order valence-corrected chi connectivity index (χ4v) is 20.4. The number of primary amides is 2. The summed E-state index contributed by atoms with van der Waals surface area (Å²) in [5.74, 6) is 5.82. The zero-order chi connectivity index (χ0) is 65.4. The summed E-state index contributed by atoms with van der Waals surface area (Å²) in [6.45, 7) is 7.56. The van der Waals surface area contributed by atoms with Crippen LogP contribution < -0.4 is 11.5 Å². The molecule has 522 valence electrons. The number of carbonyl (C=O) groups is 6. The van der Waals surface area contributed by atoms with Crippen molar-refractivity contribution in [2.24, 2.45) is 82.5 Å². The molecular formula is C75H134N8O8. The summed E-state index contributed by atoms with van der Waals surface area (Å²) in [5.41, 5.74) is 10.6. The lowest BCUT2D eigenvalue weighted by molar-refractivity contribution is -0.143. The van der Waals surface area contributed by atoms with E-state index in [1.54, 1.807) is 0 Å². The summed E-state index contributed by atoms with van der Waals surface area (Å²) in [6, 6.07) is 4.78. The predicted molar refractivity (Wildman–Crippen MR) is 366 cm³/mol. The van der Waals surface area contributed by atoms with Crippen molar-refractivity contribution in [3.05, 3.63) is 0 Å². The van der Waals surface area contributed by atoms with Crippen LogP contribution in [0.3, 0.4) is 0 Å². The van der Waals surface area contributed by atoms with Gasteiger partial charge in [0.05, 0.1) is 5.92 Å². The van der Waals surface area contributed by atoms with Gasteiger partial charge in [0.25, 0.3) is 0 Å². The smallest absolute Gasteiger partial charge is 0.306 e. The highest BCUT2D eigenvalue weighted by molar-refractivity contribution is 5.76. The van der Waals surface area contributed by atoms with Gasteiger partial charge >= 0.3 is 11.9 Å². The molecule has 0 unspecified atom stereocenters. The van der Waals surface area contributed by atoms with E-state index in [1.807, 2.05) is 0 Å². The average Bonchev–Trinajstić information content (AvgIpc) is 4.44. The molecule has 2 amide bonds. The summed E-state index contributed by atoms with van der Waals surface area (Å²) in [5, 5.41) is 17.7. The molecule has 0 radical (unpaired) electrons. The minimum atomic E-state index is -0.624. The second-order valence-electron chi connectivity index (χ2n) is 31.9. The molecule has 6 atom stereocenters. The van der Waals surface area contributed by atoms with E-state index in [9.17, 15) is 28.8 Å². The number of hydrogen-bond acceptors (Lipinski definition) is 12. The maximum atomic E-state index is 11.1. The molecule has 0 aromatic carbocycles. The normalized spacial score (nSPS) is 37.8. The molecule has 16 heteroatoms. The van der Waals surface area contributed by atoms with Gasteiger partial charge in [0.1, 0.15) is 12.6 Å². The first-order chi connectivity index (χ1) is 43.8. The van der Waals surface area contributed by atoms with Crippen LogP contribution in [0.4, 0.5) is 0 Å². The Morgan fingerprint density at radius 1 is 0.352 bits per heavy atom. The zero-order valence-electron chi connectivity index (χ0n) is 58.5. The third-order valence-corrected chi connectivity index (χ3v) is 26.1. The van der Waals surface area contributed by atoms with Gasteiger partial charge in [-0.25, -0.2) is 0 Å². The van der Waals surface area contributed by atoms with E-state index in [2.05, 4.69) is 71.7 Å². The fraction of sp³-hybridized carbons (Fsp3) is 0.920. The van der Waals surface area contributed by atoms with Gasteiger partial charge in [-0.2, -0.15) is 0 Å². The van der Waals surface area contributed by atoms with Gasteiger partial charge in [-0.05, 0) is 366 Å². The molecule has 6 heterocycles. The highest BCUT2D eigenvalue weighted by Crippen LogP contribution is 2.42. The number of carboxylic acids is 2. The van der Waals surface area contributed by atoms with Crippen LogP contribution in [-0.2, 0) is 28.8 Å². The van der Waals surface area contributed by atoms with Crippen LogP contribution in [0.15, 0.2) is 0 Å². The quantitative estimate of drug-likeness (QED) is 0.112. The van der Waals surface area contributed by atoms with Crippen LogP contribution in [0.1, 0.15) is 250 Å². The topological polar surface area (TPSA) is 214 Å². The number of hydrogen-bond donors (Lipinski definition) is 4. The van der Waals surface area contributed by atoms with Crippen LogP contribution in [0.5, 0.6) is 0 Å². The number of nitrogens with two attached hydrogens (primary N) is 2. The number of aldehydes is 2. The van der Waals surface area contributed by atoms with E-state index in [-0.39, 0.29) is 23.7 Å². The Hall–Kier alpha value is -3.02. The van der Waals surface area contributed by atoms with Crippen molar-refractivity contribution in [1.82, 2.24) is 29.4 Å². The lowest BCUT2D eigenvalue weighted by Gasteiger charge is -2.34. The van der Waals surface area contributed by atoms with Gasteiger partial charge in [-0.1, -0.05) is 0 Å². The Morgan fingerprint density at radius 2 is 0.615 bits per heavy atom. The second kappa shape index (κ2) is 39.3. The molecule has 6 aliphatic heterocycles. The second-order valence-corrected chi connectivity index (χ2v) is 31.9. The van der Waals surface area contributed by atoms with Crippen molar-refractivity contribution in [2.45, 2.75) is 287 Å². The molecule has 6 saturated carbocycles. The average molecular weight is 1280 g/mol. The van der Waals surface area contributed by atoms with Gasteiger partial charge in [-0.15, -0.1) is 0 Å². The molecule has 0 bridgehead atoms. The Labute approximate surface area is 553 Å². The first kappa shape index (κ1) is 75.4. The molecule has 12 rings (SSSR count). The van der Waals surface area contributed by atoms with E-state index < -0.39 is 11.9 Å². The number of likely N-dealkylation sites (tertiary alicyclic amines) is 6. The molecule has 91 heavy (non-hydrogen) atoms. The van der Waals surface area contributed by atoms with Crippen LogP contribution in [-0.4, -0.2) is 194 Å². The van der Waals surface area contributed by atoms with Gasteiger partial charge < -0.3 is 60.7 Å². The van der Waals surface area contributed by atoms with Crippen LogP contribution in [0, 0.1) is 71.0 Å². The third-order valence-electron chi connectivity index (χ3n) is 26.1. The molecular weight excluding hydrogens is 1140 g/mol. The van der Waals surface area contributed by atoms with Gasteiger partial charge in [0.15, 0.2) is 0 Å². The standard InChI is InChI=1S/C13H24N2O.C13H23NO2.C13H23NO.C12H22N2O.C12H21NO2.C12H21NO/c1-15-8-2-3-12(15)11-6-4-10(5-7-11)9-13(14)16;1-14-8-2-3-12(14)11-6-4-10(5-7-11)9-13(15)16;1-14-9-2-3-13(14)12-6-4-11(5-7-12)8-10-15;1-14-8-2-3-11(14)9-4-6-10(7-5-9)12(13)15;1-13-8-2-3-11(13)9-4-6-10(7-5-9)12(14)15;1-13-8-2-3-12(13)11-6-4-10(9-14)5-7-11/h10-12H,2-9H2,1H3,(H2,14,16);10-12H,2-9H2,1H3,(H,15,16);10-13H,2-9H2,1H3;9-11H,2-8H2,1H3,(H2,13,15);9-11H,2-8H2,1H3,(H,14,15);9-12H,2-8H2,1H3/t2*10?,11?,12-;11?,12?,13-;2*9?,10?,11-;10?,11?,12-/m111111/s1. The summed E-state index contributed by atoms with van der Waals surface area (Å²) < 4.78 is 0. The summed E-state index contributed by atoms with van der Waals surface area (Å²) in [4.78, 5) is 79.6. The van der Waals surface area contributed by atoms with E-state index >= 15 is 0 Å². The molecule has 12 aliphatic rings. The molecule has 0 aromatic heterocycles. The van der Waals surface area contributed by atoms with Gasteiger partial charge in [0, 0.05) is 67.3 Å². The number of carboxylic acid groups (broad SMARTS) is 2. The summed E-state index contributed by atoms with van der Waals surface area (Å²) in [6.07, 6.45) is 48.7. The van der Waals surface area contributed by atoms with Crippen molar-refractivity contribution in [3.63, 3.8) is 0 Å². The Balaban J connectivity index is 0.000000155. The predicted octanol–water partition coefficient (Wildman–Crippen LogP) is 12.0. The molecule has 0 aromatic rings. The minimum absolute atomic E-state index is 0.0621. The van der Waals surface area contributed by atoms with E-state index in [0.29, 0.717) is 36.5 Å². The highest BCUT2D eigenvalue weighted by atomic mass is 16.4. The largest absolute Gasteiger partial charge is 0.481 e. The zero-order valence-corrected chi connectivity index (χ0v) is 58.5. The molecule has 6 N–H and O–H groups in total. The first-order valence-corrected chi connectivity index (χ1v) is 37.9. The molecule has 16 nitrogen and oxygen atoms in total. The summed E-state index contributed by atoms with van der Waals surface area (Å²) in [7, 11) is 13.5. The lowest BCUT2D eigenvalue weighted by atomic mass is 9.77. The number of nitrogens with zero attached hydrogens (tertiary/aromatic N) is 6. The summed E-state index contributed by atoms with van der Waals surface area (Å²) >= 11 is 0. The lowest BCUT2D eigenvalue weighted by Crippen LogP contribution is -2.36. The Bertz CT molecular complexity index is 2020. The number of aliphatic carboxylic acids is 2. The van der Waals surface area contributed by atoms with E-state index in [1.165, 1.54) is 206 Å². The maximum Gasteiger partial charge on any atom is 0.306 e. The minimum Gasteiger partial charge on any atom is -0.481 e. The van der Waals surface area contributed by atoms with Crippen LogP contribution in [0.25, 0.3) is 0 Å². The number of carbonyl (C=O) groups excluding carboxylic acids is 4. The van der Waals surface area contributed by atoms with Crippen molar-refractivity contribution in [2.75, 3.05) is 81.6 Å². The van der Waals surface area contributed by atoms with E-state index in [4.69, 9.17) is 21.7 Å². The van der Waals surface area contributed by atoms with Crippen molar-refractivity contribution in [1.29, 1.82) is 0 Å². The Kier molecular flexibility index (Phi) is 32.5. The van der Waals surface area contributed by atoms with Crippen molar-refractivity contribution >= 4 is 36.3 Å². The monoisotopic (exact) mass is 1280 g/mol. The number of rotatable bonds is 15. The van der Waals surface area contributed by atoms with Gasteiger partial charge in [-0.3, -0.25) is 19.2 Å². The first-order valence-electron chi connectivity index (χ1n) is 37.9. The van der Waals surface area contributed by atoms with Crippen molar-refractivity contribution in [3.8, 4) is 0 Å². The van der Waals surface area contributed by atoms with Crippen LogP contribution in [0.2, 0.25) is 0 Å².